The minimum Gasteiger partial charge on any atom is -0.497 e. The Labute approximate surface area is 219 Å². The van der Waals surface area contributed by atoms with Crippen LogP contribution in [0.5, 0.6) is 11.5 Å². The third-order valence-corrected chi connectivity index (χ3v) is 7.38. The molecule has 2 aliphatic heterocycles. The molecule has 2 aromatic heterocycles. The Morgan fingerprint density at radius 2 is 1.84 bits per heavy atom. The third kappa shape index (κ3) is 5.28. The first kappa shape index (κ1) is 25.9. The number of amides is 1. The van der Waals surface area contributed by atoms with E-state index in [2.05, 4.69) is 14.5 Å². The number of methoxy groups -OCH3 is 2. The van der Waals surface area contributed by atoms with Crippen molar-refractivity contribution in [2.75, 3.05) is 52.7 Å². The Morgan fingerprint density at radius 3 is 2.53 bits per heavy atom. The van der Waals surface area contributed by atoms with Crippen LogP contribution >= 0.6 is 0 Å². The molecule has 2 N–H and O–H groups in total. The first-order valence-electron chi connectivity index (χ1n) is 12.7. The highest BCUT2D eigenvalue weighted by molar-refractivity contribution is 6.01. The highest BCUT2D eigenvalue weighted by Crippen LogP contribution is 2.39. The minimum atomic E-state index is -2.57. The van der Waals surface area contributed by atoms with Gasteiger partial charge in [0.15, 0.2) is 0 Å². The van der Waals surface area contributed by atoms with Gasteiger partial charge in [-0.05, 0) is 24.1 Å². The molecule has 2 aliphatic rings. The standard InChI is InChI=1S/C27H32F2N6O3/c1-37-20-12-18(13-21(14-20)38-2)22-16-35(26-24(22)25(30)31-17-32-26)19-5-9-34(15-19)23(36)4-3-8-33-10-6-27(28,29)7-11-33/h3-4,12-14,16-17,19H,5-11,15H2,1-2H3,(H2,30,31,32)/b4-3+/t19-/m0/s1. The van der Waals surface area contributed by atoms with Crippen LogP contribution in [0.15, 0.2) is 42.9 Å². The van der Waals surface area contributed by atoms with Crippen LogP contribution in [0.4, 0.5) is 14.6 Å². The zero-order valence-electron chi connectivity index (χ0n) is 21.6. The average Bonchev–Trinajstić information content (AvgIpc) is 3.55. The zero-order valence-corrected chi connectivity index (χ0v) is 21.6. The highest BCUT2D eigenvalue weighted by atomic mass is 19.3. The van der Waals surface area contributed by atoms with Crippen LogP contribution < -0.4 is 15.2 Å². The van der Waals surface area contributed by atoms with E-state index in [4.69, 9.17) is 15.2 Å². The SMILES string of the molecule is COc1cc(OC)cc(-c2cn([C@H]3CCN(C(=O)/C=C/CN4CCC(F)(F)CC4)C3)c3ncnc(N)c23)c1. The Morgan fingerprint density at radius 1 is 1.13 bits per heavy atom. The molecule has 38 heavy (non-hydrogen) atoms. The van der Waals surface area contributed by atoms with Crippen LogP contribution in [0.25, 0.3) is 22.2 Å². The van der Waals surface area contributed by atoms with Crippen LogP contribution in [0.3, 0.4) is 0 Å². The molecule has 11 heteroatoms. The maximum Gasteiger partial charge on any atom is 0.250 e. The summed E-state index contributed by atoms with van der Waals surface area (Å²) in [6.07, 6.45) is 7.27. The lowest BCUT2D eigenvalue weighted by Crippen LogP contribution is -2.39. The van der Waals surface area contributed by atoms with Gasteiger partial charge < -0.3 is 24.7 Å². The summed E-state index contributed by atoms with van der Waals surface area (Å²) in [6.45, 7) is 2.29. The number of hydrogen-bond donors (Lipinski definition) is 1. The van der Waals surface area contributed by atoms with Gasteiger partial charge in [-0.15, -0.1) is 0 Å². The van der Waals surface area contributed by atoms with Crippen LogP contribution in [0.2, 0.25) is 0 Å². The van der Waals surface area contributed by atoms with Crippen molar-refractivity contribution in [1.82, 2.24) is 24.3 Å². The number of fused-ring (bicyclic) bond motifs is 1. The van der Waals surface area contributed by atoms with Crippen molar-refractivity contribution in [2.45, 2.75) is 31.2 Å². The molecule has 202 valence electrons. The van der Waals surface area contributed by atoms with E-state index in [0.29, 0.717) is 55.7 Å². The van der Waals surface area contributed by atoms with Crippen molar-refractivity contribution in [2.24, 2.45) is 0 Å². The maximum atomic E-state index is 13.4. The van der Waals surface area contributed by atoms with Crippen LogP contribution in [-0.4, -0.2) is 83.1 Å². The van der Waals surface area contributed by atoms with Gasteiger partial charge in [-0.1, -0.05) is 6.08 Å². The summed E-state index contributed by atoms with van der Waals surface area (Å²) >= 11 is 0. The number of hydrogen-bond acceptors (Lipinski definition) is 7. The average molecular weight is 527 g/mol. The molecule has 0 unspecified atom stereocenters. The monoisotopic (exact) mass is 526 g/mol. The Bertz CT molecular complexity index is 1330. The van der Waals surface area contributed by atoms with Gasteiger partial charge in [0.2, 0.25) is 5.91 Å². The number of nitrogen functional groups attached to an aromatic ring is 1. The number of carbonyl (C=O) groups excluding carboxylic acids is 1. The van der Waals surface area contributed by atoms with E-state index >= 15 is 0 Å². The number of carbonyl (C=O) groups is 1. The Hall–Kier alpha value is -3.73. The van der Waals surface area contributed by atoms with Crippen LogP contribution in [-0.2, 0) is 4.79 Å². The molecule has 4 heterocycles. The van der Waals surface area contributed by atoms with Crippen LogP contribution in [0, 0.1) is 0 Å². The molecule has 1 amide bonds. The lowest BCUT2D eigenvalue weighted by Gasteiger charge is -2.30. The van der Waals surface area contributed by atoms with Gasteiger partial charge in [0.1, 0.15) is 29.3 Å². The number of benzene rings is 1. The lowest BCUT2D eigenvalue weighted by atomic mass is 10.1. The number of rotatable bonds is 7. The second kappa shape index (κ2) is 10.6. The fraction of sp³-hybridized carbons (Fsp3) is 0.444. The molecule has 0 saturated carbocycles. The topological polar surface area (TPSA) is 98.7 Å². The van der Waals surface area contributed by atoms with Gasteiger partial charge in [0.05, 0.1) is 25.6 Å². The highest BCUT2D eigenvalue weighted by Gasteiger charge is 2.33. The van der Waals surface area contributed by atoms with E-state index in [9.17, 15) is 13.6 Å². The van der Waals surface area contributed by atoms with Gasteiger partial charge in [-0.2, -0.15) is 0 Å². The molecule has 5 rings (SSSR count). The number of aromatic nitrogens is 3. The number of piperidine rings is 1. The number of halogens is 2. The second-order valence-corrected chi connectivity index (χ2v) is 9.79. The number of nitrogens with zero attached hydrogens (tertiary/aromatic N) is 5. The number of alkyl halides is 2. The maximum absolute atomic E-state index is 13.4. The van der Waals surface area contributed by atoms with Crippen molar-refractivity contribution in [3.05, 3.63) is 42.9 Å². The van der Waals surface area contributed by atoms with Gasteiger partial charge >= 0.3 is 0 Å². The zero-order chi connectivity index (χ0) is 26.9. The molecule has 2 saturated heterocycles. The van der Waals surface area contributed by atoms with Gasteiger partial charge in [-0.25, -0.2) is 18.7 Å². The van der Waals surface area contributed by atoms with Gasteiger partial charge in [-0.3, -0.25) is 9.69 Å². The molecular formula is C27H32F2N6O3. The van der Waals surface area contributed by atoms with E-state index in [1.165, 1.54) is 6.33 Å². The summed E-state index contributed by atoms with van der Waals surface area (Å²) in [5.41, 5.74) is 8.72. The summed E-state index contributed by atoms with van der Waals surface area (Å²) < 4.78 is 39.7. The summed E-state index contributed by atoms with van der Waals surface area (Å²) in [5, 5.41) is 0.736. The van der Waals surface area contributed by atoms with Gasteiger partial charge in [0, 0.05) is 69.5 Å². The van der Waals surface area contributed by atoms with E-state index in [1.807, 2.05) is 23.2 Å². The minimum absolute atomic E-state index is 0.00901. The smallest absolute Gasteiger partial charge is 0.250 e. The van der Waals surface area contributed by atoms with E-state index < -0.39 is 5.92 Å². The molecule has 1 aromatic carbocycles. The number of likely N-dealkylation sites (tertiary alicyclic amines) is 2. The molecule has 0 spiro atoms. The van der Waals surface area contributed by atoms with Crippen molar-refractivity contribution in [1.29, 1.82) is 0 Å². The molecular weight excluding hydrogens is 494 g/mol. The quantitative estimate of drug-likeness (QED) is 0.468. The molecule has 0 radical (unpaired) electrons. The largest absolute Gasteiger partial charge is 0.497 e. The van der Waals surface area contributed by atoms with E-state index in [1.54, 1.807) is 37.3 Å². The van der Waals surface area contributed by atoms with Gasteiger partial charge in [0.25, 0.3) is 5.92 Å². The number of ether oxygens (including phenoxy) is 2. The van der Waals surface area contributed by atoms with Crippen LogP contribution in [0.1, 0.15) is 25.3 Å². The van der Waals surface area contributed by atoms with Crippen molar-refractivity contribution in [3.8, 4) is 22.6 Å². The summed E-state index contributed by atoms with van der Waals surface area (Å²) in [6, 6.07) is 5.63. The normalized spacial score (nSPS) is 19.9. The number of anilines is 1. The Balaban J connectivity index is 1.34. The summed E-state index contributed by atoms with van der Waals surface area (Å²) in [4.78, 5) is 25.4. The first-order chi connectivity index (χ1) is 18.3. The van der Waals surface area contributed by atoms with Crippen molar-refractivity contribution in [3.63, 3.8) is 0 Å². The molecule has 1 atom stereocenters. The third-order valence-electron chi connectivity index (χ3n) is 7.38. The predicted molar refractivity (Wildman–Crippen MR) is 140 cm³/mol. The summed E-state index contributed by atoms with van der Waals surface area (Å²) in [7, 11) is 3.20. The second-order valence-electron chi connectivity index (χ2n) is 9.79. The predicted octanol–water partition coefficient (Wildman–Crippen LogP) is 3.76. The molecule has 9 nitrogen and oxygen atoms in total. The van der Waals surface area contributed by atoms with Crippen molar-refractivity contribution < 1.29 is 23.0 Å². The fourth-order valence-corrected chi connectivity index (χ4v) is 5.21. The van der Waals surface area contributed by atoms with Crippen molar-refractivity contribution >= 4 is 22.8 Å². The molecule has 0 bridgehead atoms. The van der Waals surface area contributed by atoms with E-state index in [0.717, 1.165) is 22.9 Å². The number of nitrogens with two attached hydrogens (primary N) is 1. The summed E-state index contributed by atoms with van der Waals surface area (Å²) in [5.74, 6) is -0.984. The molecule has 3 aromatic rings. The first-order valence-corrected chi connectivity index (χ1v) is 12.7. The molecule has 0 aliphatic carbocycles. The fourth-order valence-electron chi connectivity index (χ4n) is 5.21. The van der Waals surface area contributed by atoms with E-state index in [-0.39, 0.29) is 24.8 Å². The lowest BCUT2D eigenvalue weighted by molar-refractivity contribution is -0.125. The molecule has 2 fully saturated rings. The Kier molecular flexibility index (Phi) is 7.20.